The number of imidazole rings is 1. The minimum Gasteiger partial charge on any atom is -0.309 e. The van der Waals surface area contributed by atoms with Crippen molar-refractivity contribution in [2.75, 3.05) is 0 Å². The number of nitrogens with zero attached hydrogens (tertiary/aromatic N) is 3. The highest BCUT2D eigenvalue weighted by molar-refractivity contribution is 6.09. The molecule has 7 rings (SSSR count). The standard InChI is InChI=1S/C40H37N3/c1-24-17-19-37-34(21-24)33-15-11-12-16-36(33)42(37)35-20-18-32(22-25(35)2)40-41-23-38(31-13-9-8-10-14-31)43(40)39-29(6)27(4)26(3)28(5)30(39)7/h8-23H,1-7H3. The zero-order valence-electron chi connectivity index (χ0n) is 26.1. The van der Waals surface area contributed by atoms with Crippen molar-refractivity contribution in [1.29, 1.82) is 0 Å². The summed E-state index contributed by atoms with van der Waals surface area (Å²) in [7, 11) is 0. The van der Waals surface area contributed by atoms with Gasteiger partial charge in [-0.1, -0.05) is 60.2 Å². The monoisotopic (exact) mass is 559 g/mol. The number of rotatable bonds is 4. The lowest BCUT2D eigenvalue weighted by Crippen LogP contribution is -2.09. The van der Waals surface area contributed by atoms with E-state index in [1.165, 1.54) is 72.1 Å². The van der Waals surface area contributed by atoms with E-state index in [2.05, 4.69) is 149 Å². The number of hydrogen-bond acceptors (Lipinski definition) is 1. The summed E-state index contributed by atoms with van der Waals surface area (Å²) in [4.78, 5) is 5.10. The second-order valence-electron chi connectivity index (χ2n) is 12.0. The Morgan fingerprint density at radius 1 is 0.512 bits per heavy atom. The Morgan fingerprint density at radius 2 is 1.16 bits per heavy atom. The zero-order chi connectivity index (χ0) is 30.0. The van der Waals surface area contributed by atoms with Crippen LogP contribution in [0.2, 0.25) is 0 Å². The van der Waals surface area contributed by atoms with Gasteiger partial charge < -0.3 is 4.57 Å². The van der Waals surface area contributed by atoms with Crippen molar-refractivity contribution in [1.82, 2.24) is 14.1 Å². The van der Waals surface area contributed by atoms with Crippen LogP contribution in [0.25, 0.3) is 55.8 Å². The van der Waals surface area contributed by atoms with Gasteiger partial charge in [0, 0.05) is 27.6 Å². The molecule has 0 N–H and O–H groups in total. The van der Waals surface area contributed by atoms with Gasteiger partial charge in [-0.2, -0.15) is 0 Å². The number of hydrogen-bond donors (Lipinski definition) is 0. The van der Waals surface area contributed by atoms with Crippen LogP contribution in [-0.2, 0) is 0 Å². The summed E-state index contributed by atoms with van der Waals surface area (Å²) < 4.78 is 4.79. The number of benzene rings is 5. The molecule has 0 saturated heterocycles. The Bertz CT molecular complexity index is 2160. The molecule has 0 fully saturated rings. The highest BCUT2D eigenvalue weighted by atomic mass is 15.1. The Balaban J connectivity index is 1.47. The van der Waals surface area contributed by atoms with Gasteiger partial charge >= 0.3 is 0 Å². The largest absolute Gasteiger partial charge is 0.309 e. The van der Waals surface area contributed by atoms with Crippen LogP contribution < -0.4 is 0 Å². The molecule has 0 aliphatic rings. The molecule has 0 bridgehead atoms. The van der Waals surface area contributed by atoms with E-state index in [-0.39, 0.29) is 0 Å². The summed E-state index contributed by atoms with van der Waals surface area (Å²) in [5.41, 5.74) is 17.4. The Hall–Kier alpha value is -4.89. The molecule has 3 nitrogen and oxygen atoms in total. The van der Waals surface area contributed by atoms with E-state index in [0.717, 1.165) is 22.6 Å². The molecule has 0 amide bonds. The van der Waals surface area contributed by atoms with E-state index in [1.807, 2.05) is 6.20 Å². The molecular weight excluding hydrogens is 522 g/mol. The van der Waals surface area contributed by atoms with Crippen LogP contribution in [0.3, 0.4) is 0 Å². The maximum atomic E-state index is 5.10. The van der Waals surface area contributed by atoms with Gasteiger partial charge in [-0.15, -0.1) is 0 Å². The Kier molecular flexibility index (Phi) is 6.36. The van der Waals surface area contributed by atoms with Gasteiger partial charge in [0.15, 0.2) is 0 Å². The molecule has 0 spiro atoms. The SMILES string of the molecule is Cc1ccc2c(c1)c1ccccc1n2-c1ccc(-c2ncc(-c3ccccc3)n2-c2c(C)c(C)c(C)c(C)c2C)cc1C. The molecular formula is C40H37N3. The molecule has 7 aromatic rings. The summed E-state index contributed by atoms with van der Waals surface area (Å²) in [5.74, 6) is 0.959. The fourth-order valence-electron chi connectivity index (χ4n) is 6.80. The predicted molar refractivity (Wildman–Crippen MR) is 182 cm³/mol. The quantitative estimate of drug-likeness (QED) is 0.210. The second kappa shape index (κ2) is 10.1. The van der Waals surface area contributed by atoms with Crippen molar-refractivity contribution < 1.29 is 0 Å². The normalized spacial score (nSPS) is 11.6. The lowest BCUT2D eigenvalue weighted by molar-refractivity contribution is 1.01. The fraction of sp³-hybridized carbons (Fsp3) is 0.175. The Morgan fingerprint density at radius 3 is 1.88 bits per heavy atom. The molecule has 2 aromatic heterocycles. The topological polar surface area (TPSA) is 22.8 Å². The molecule has 0 saturated carbocycles. The van der Waals surface area contributed by atoms with Crippen LogP contribution in [0.4, 0.5) is 0 Å². The molecule has 3 heteroatoms. The van der Waals surface area contributed by atoms with Gasteiger partial charge in [0.25, 0.3) is 0 Å². The number of para-hydroxylation sites is 1. The average Bonchev–Trinajstić information content (AvgIpc) is 3.59. The third kappa shape index (κ3) is 4.14. The first-order valence-corrected chi connectivity index (χ1v) is 15.1. The highest BCUT2D eigenvalue weighted by Gasteiger charge is 2.22. The van der Waals surface area contributed by atoms with Gasteiger partial charge in [-0.3, -0.25) is 4.57 Å². The first-order chi connectivity index (χ1) is 20.8. The van der Waals surface area contributed by atoms with Gasteiger partial charge in [0.1, 0.15) is 5.82 Å². The fourth-order valence-corrected chi connectivity index (χ4v) is 6.80. The lowest BCUT2D eigenvalue weighted by atomic mass is 9.92. The maximum absolute atomic E-state index is 5.10. The number of fused-ring (bicyclic) bond motifs is 3. The predicted octanol–water partition coefficient (Wildman–Crippen LogP) is 10.5. The Labute approximate surface area is 254 Å². The molecule has 0 aliphatic heterocycles. The van der Waals surface area contributed by atoms with Crippen molar-refractivity contribution in [2.45, 2.75) is 48.5 Å². The molecule has 0 unspecified atom stereocenters. The summed E-state index contributed by atoms with van der Waals surface area (Å²) in [6, 6.07) is 32.9. The van der Waals surface area contributed by atoms with Gasteiger partial charge in [0.05, 0.1) is 28.6 Å². The molecule has 0 atom stereocenters. The van der Waals surface area contributed by atoms with Crippen LogP contribution in [0, 0.1) is 48.5 Å². The first-order valence-electron chi connectivity index (χ1n) is 15.1. The summed E-state index contributed by atoms with van der Waals surface area (Å²) in [6.07, 6.45) is 2.03. The maximum Gasteiger partial charge on any atom is 0.145 e. The van der Waals surface area contributed by atoms with Gasteiger partial charge in [0.2, 0.25) is 0 Å². The van der Waals surface area contributed by atoms with Crippen molar-refractivity contribution >= 4 is 21.8 Å². The molecule has 0 radical (unpaired) electrons. The molecule has 43 heavy (non-hydrogen) atoms. The molecule has 5 aromatic carbocycles. The first kappa shape index (κ1) is 27.0. The van der Waals surface area contributed by atoms with Crippen molar-refractivity contribution in [2.24, 2.45) is 0 Å². The third-order valence-corrected chi connectivity index (χ3v) is 9.54. The van der Waals surface area contributed by atoms with Crippen LogP contribution in [-0.4, -0.2) is 14.1 Å². The van der Waals surface area contributed by atoms with E-state index in [0.29, 0.717) is 0 Å². The third-order valence-electron chi connectivity index (χ3n) is 9.54. The van der Waals surface area contributed by atoms with E-state index < -0.39 is 0 Å². The van der Waals surface area contributed by atoms with Gasteiger partial charge in [-0.05, 0) is 118 Å². The van der Waals surface area contributed by atoms with E-state index in [1.54, 1.807) is 0 Å². The van der Waals surface area contributed by atoms with Gasteiger partial charge in [-0.25, -0.2) is 4.98 Å². The minimum absolute atomic E-state index is 0.959. The number of aryl methyl sites for hydroxylation is 2. The lowest BCUT2D eigenvalue weighted by Gasteiger charge is -2.23. The van der Waals surface area contributed by atoms with Crippen molar-refractivity contribution in [3.8, 4) is 34.0 Å². The molecule has 0 aliphatic carbocycles. The molecule has 212 valence electrons. The summed E-state index contributed by atoms with van der Waals surface area (Å²) in [5, 5.41) is 2.57. The van der Waals surface area contributed by atoms with Crippen LogP contribution in [0.1, 0.15) is 38.9 Å². The van der Waals surface area contributed by atoms with E-state index in [9.17, 15) is 0 Å². The minimum atomic E-state index is 0.959. The van der Waals surface area contributed by atoms with Crippen molar-refractivity contribution in [3.05, 3.63) is 136 Å². The van der Waals surface area contributed by atoms with Crippen molar-refractivity contribution in [3.63, 3.8) is 0 Å². The summed E-state index contributed by atoms with van der Waals surface area (Å²) in [6.45, 7) is 15.6. The zero-order valence-corrected chi connectivity index (χ0v) is 26.1. The number of aromatic nitrogens is 3. The smallest absolute Gasteiger partial charge is 0.145 e. The second-order valence-corrected chi connectivity index (χ2v) is 12.0. The molecule has 2 heterocycles. The van der Waals surface area contributed by atoms with E-state index in [4.69, 9.17) is 4.98 Å². The van der Waals surface area contributed by atoms with Crippen LogP contribution in [0.15, 0.2) is 97.2 Å². The van der Waals surface area contributed by atoms with Crippen LogP contribution in [0.5, 0.6) is 0 Å². The highest BCUT2D eigenvalue weighted by Crippen LogP contribution is 2.38. The van der Waals surface area contributed by atoms with E-state index >= 15 is 0 Å². The van der Waals surface area contributed by atoms with Crippen LogP contribution >= 0.6 is 0 Å². The average molecular weight is 560 g/mol. The summed E-state index contributed by atoms with van der Waals surface area (Å²) >= 11 is 0.